The zero-order valence-electron chi connectivity index (χ0n) is 14.7. The SMILES string of the molecule is CCOC(=O)NC(=O)CSc1nc(C(C)(C)C)cc(C(F)(F)F)c1C#N. The molecule has 1 aromatic heterocycles. The molecule has 0 saturated heterocycles. The van der Waals surface area contributed by atoms with Gasteiger partial charge in [-0.25, -0.2) is 9.78 Å². The number of carbonyl (C=O) groups excluding carboxylic acids is 2. The Balaban J connectivity index is 3.19. The summed E-state index contributed by atoms with van der Waals surface area (Å²) in [6.45, 7) is 6.67. The lowest BCUT2D eigenvalue weighted by atomic mass is 9.90. The van der Waals surface area contributed by atoms with Gasteiger partial charge in [0.25, 0.3) is 0 Å². The van der Waals surface area contributed by atoms with Gasteiger partial charge in [0.05, 0.1) is 23.5 Å². The predicted molar refractivity (Wildman–Crippen MR) is 88.5 cm³/mol. The lowest BCUT2D eigenvalue weighted by molar-refractivity contribution is -0.138. The molecule has 10 heteroatoms. The highest BCUT2D eigenvalue weighted by Crippen LogP contribution is 2.38. The highest BCUT2D eigenvalue weighted by atomic mass is 32.2. The number of ether oxygens (including phenoxy) is 1. The number of carbonyl (C=O) groups is 2. The molecule has 0 bridgehead atoms. The van der Waals surface area contributed by atoms with Crippen LogP contribution in [0.1, 0.15) is 44.5 Å². The number of hydrogen-bond donors (Lipinski definition) is 1. The molecule has 0 aliphatic carbocycles. The molecule has 1 N–H and O–H groups in total. The summed E-state index contributed by atoms with van der Waals surface area (Å²) in [6.07, 6.45) is -5.69. The third-order valence-electron chi connectivity index (χ3n) is 3.03. The van der Waals surface area contributed by atoms with Gasteiger partial charge in [-0.3, -0.25) is 10.1 Å². The first-order chi connectivity index (χ1) is 11.9. The van der Waals surface area contributed by atoms with E-state index in [4.69, 9.17) is 5.26 Å². The third-order valence-corrected chi connectivity index (χ3v) is 4.00. The second-order valence-electron chi connectivity index (χ2n) is 6.15. The van der Waals surface area contributed by atoms with E-state index < -0.39 is 40.5 Å². The normalized spacial score (nSPS) is 11.6. The molecule has 1 rings (SSSR count). The van der Waals surface area contributed by atoms with Crippen LogP contribution in [0.4, 0.5) is 18.0 Å². The van der Waals surface area contributed by atoms with Gasteiger partial charge >= 0.3 is 12.3 Å². The van der Waals surface area contributed by atoms with E-state index in [-0.39, 0.29) is 17.3 Å². The van der Waals surface area contributed by atoms with Crippen molar-refractivity contribution < 1.29 is 27.5 Å². The largest absolute Gasteiger partial charge is 0.450 e. The first kappa shape index (κ1) is 21.8. The van der Waals surface area contributed by atoms with Crippen LogP contribution in [0.25, 0.3) is 0 Å². The van der Waals surface area contributed by atoms with Crippen molar-refractivity contribution >= 4 is 23.8 Å². The Morgan fingerprint density at radius 2 is 1.96 bits per heavy atom. The fourth-order valence-electron chi connectivity index (χ4n) is 1.79. The number of halogens is 3. The first-order valence-electron chi connectivity index (χ1n) is 7.52. The number of thioether (sulfide) groups is 1. The number of aromatic nitrogens is 1. The van der Waals surface area contributed by atoms with Gasteiger partial charge < -0.3 is 4.74 Å². The molecule has 6 nitrogen and oxygen atoms in total. The van der Waals surface area contributed by atoms with Gasteiger partial charge in [0, 0.05) is 11.1 Å². The minimum Gasteiger partial charge on any atom is -0.450 e. The van der Waals surface area contributed by atoms with Gasteiger partial charge in [-0.15, -0.1) is 0 Å². The van der Waals surface area contributed by atoms with Crippen molar-refractivity contribution in [1.82, 2.24) is 10.3 Å². The molecule has 0 aromatic carbocycles. The van der Waals surface area contributed by atoms with E-state index in [0.717, 1.165) is 6.07 Å². The van der Waals surface area contributed by atoms with Crippen LogP contribution in [-0.4, -0.2) is 29.3 Å². The Labute approximate surface area is 153 Å². The molecule has 0 fully saturated rings. The van der Waals surface area contributed by atoms with Crippen molar-refractivity contribution in [3.05, 3.63) is 22.9 Å². The van der Waals surface area contributed by atoms with Gasteiger partial charge in [0.1, 0.15) is 11.1 Å². The summed E-state index contributed by atoms with van der Waals surface area (Å²) < 4.78 is 44.5. The van der Waals surface area contributed by atoms with Crippen molar-refractivity contribution in [2.75, 3.05) is 12.4 Å². The molecule has 1 heterocycles. The fourth-order valence-corrected chi connectivity index (χ4v) is 2.60. The van der Waals surface area contributed by atoms with Crippen LogP contribution in [-0.2, 0) is 21.1 Å². The van der Waals surface area contributed by atoms with Crippen molar-refractivity contribution in [2.45, 2.75) is 44.3 Å². The van der Waals surface area contributed by atoms with Crippen LogP contribution in [0.3, 0.4) is 0 Å². The molecule has 142 valence electrons. The summed E-state index contributed by atoms with van der Waals surface area (Å²) in [7, 11) is 0. The first-order valence-corrected chi connectivity index (χ1v) is 8.51. The molecule has 0 radical (unpaired) electrons. The Hall–Kier alpha value is -2.28. The summed E-state index contributed by atoms with van der Waals surface area (Å²) in [5, 5.41) is 10.9. The maximum Gasteiger partial charge on any atom is 0.417 e. The van der Waals surface area contributed by atoms with E-state index >= 15 is 0 Å². The summed E-state index contributed by atoms with van der Waals surface area (Å²) in [4.78, 5) is 27.0. The van der Waals surface area contributed by atoms with Crippen LogP contribution in [0.15, 0.2) is 11.1 Å². The lowest BCUT2D eigenvalue weighted by Gasteiger charge is -2.21. The van der Waals surface area contributed by atoms with Crippen molar-refractivity contribution in [2.24, 2.45) is 0 Å². The van der Waals surface area contributed by atoms with E-state index in [1.807, 2.05) is 5.32 Å². The van der Waals surface area contributed by atoms with Crippen molar-refractivity contribution in [1.29, 1.82) is 5.26 Å². The summed E-state index contributed by atoms with van der Waals surface area (Å²) in [5.41, 5.74) is -2.32. The standard InChI is InChI=1S/C16H18F3N3O3S/c1-5-25-14(24)22-12(23)8-26-13-9(7-20)10(16(17,18)19)6-11(21-13)15(2,3)4/h6H,5,8H2,1-4H3,(H,22,23,24). The van der Waals surface area contributed by atoms with Gasteiger partial charge in [-0.2, -0.15) is 18.4 Å². The second kappa shape index (κ2) is 8.40. The number of hydrogen-bond acceptors (Lipinski definition) is 6. The zero-order valence-corrected chi connectivity index (χ0v) is 15.5. The topological polar surface area (TPSA) is 92.1 Å². The molecule has 0 spiro atoms. The predicted octanol–water partition coefficient (Wildman–Crippen LogP) is 3.63. The number of nitrogens with zero attached hydrogens (tertiary/aromatic N) is 2. The molecule has 0 saturated carbocycles. The summed E-state index contributed by atoms with van der Waals surface area (Å²) in [6, 6.07) is 2.36. The fraction of sp³-hybridized carbons (Fsp3) is 0.500. The van der Waals surface area contributed by atoms with Gasteiger partial charge in [-0.05, 0) is 13.0 Å². The van der Waals surface area contributed by atoms with Gasteiger partial charge in [0.2, 0.25) is 5.91 Å². The summed E-state index contributed by atoms with van der Waals surface area (Å²) in [5.74, 6) is -1.17. The van der Waals surface area contributed by atoms with Gasteiger partial charge in [0.15, 0.2) is 0 Å². The van der Waals surface area contributed by atoms with Crippen LogP contribution in [0.5, 0.6) is 0 Å². The Kier molecular flexibility index (Phi) is 7.03. The van der Waals surface area contributed by atoms with Crippen molar-refractivity contribution in [3.63, 3.8) is 0 Å². The number of nitrogens with one attached hydrogen (secondary N) is 1. The molecule has 1 aromatic rings. The molecule has 26 heavy (non-hydrogen) atoms. The number of rotatable bonds is 4. The average Bonchev–Trinajstić information content (AvgIpc) is 2.50. The van der Waals surface area contributed by atoms with E-state index in [2.05, 4.69) is 9.72 Å². The Morgan fingerprint density at radius 1 is 1.35 bits per heavy atom. The van der Waals surface area contributed by atoms with Crippen LogP contribution < -0.4 is 5.32 Å². The van der Waals surface area contributed by atoms with Crippen molar-refractivity contribution in [3.8, 4) is 6.07 Å². The van der Waals surface area contributed by atoms with E-state index in [1.165, 1.54) is 6.07 Å². The maximum absolute atomic E-state index is 13.3. The van der Waals surface area contributed by atoms with Gasteiger partial charge in [-0.1, -0.05) is 32.5 Å². The van der Waals surface area contributed by atoms with E-state index in [9.17, 15) is 22.8 Å². The third kappa shape index (κ3) is 5.91. The number of nitriles is 1. The number of amides is 2. The zero-order chi connectivity index (χ0) is 20.1. The molecule has 0 atom stereocenters. The maximum atomic E-state index is 13.3. The molecular weight excluding hydrogens is 371 g/mol. The van der Waals surface area contributed by atoms with Crippen LogP contribution >= 0.6 is 11.8 Å². The minimum atomic E-state index is -4.74. The van der Waals surface area contributed by atoms with E-state index in [1.54, 1.807) is 27.7 Å². The van der Waals surface area contributed by atoms with E-state index in [0.29, 0.717) is 11.8 Å². The highest BCUT2D eigenvalue weighted by molar-refractivity contribution is 8.00. The Morgan fingerprint density at radius 3 is 2.42 bits per heavy atom. The molecule has 0 aliphatic heterocycles. The molecule has 0 unspecified atom stereocenters. The van der Waals surface area contributed by atoms with Crippen LogP contribution in [0, 0.1) is 11.3 Å². The lowest BCUT2D eigenvalue weighted by Crippen LogP contribution is -2.32. The number of imide groups is 1. The quantitative estimate of drug-likeness (QED) is 0.791. The number of alkyl carbamates (subject to hydrolysis) is 1. The number of pyridine rings is 1. The molecule has 0 aliphatic rings. The summed E-state index contributed by atoms with van der Waals surface area (Å²) >= 11 is 0.647. The average molecular weight is 389 g/mol. The second-order valence-corrected chi connectivity index (χ2v) is 7.12. The number of alkyl halides is 3. The smallest absolute Gasteiger partial charge is 0.417 e. The molecule has 2 amide bonds. The monoisotopic (exact) mass is 389 g/mol. The Bertz CT molecular complexity index is 737. The van der Waals surface area contributed by atoms with Crippen LogP contribution in [0.2, 0.25) is 0 Å². The molecular formula is C16H18F3N3O3S. The highest BCUT2D eigenvalue weighted by Gasteiger charge is 2.37. The minimum absolute atomic E-state index is 0.0644.